The van der Waals surface area contributed by atoms with E-state index in [1.807, 2.05) is 18.4 Å². The van der Waals surface area contributed by atoms with Gasteiger partial charge in [-0.25, -0.2) is 4.98 Å². The van der Waals surface area contributed by atoms with Gasteiger partial charge >= 0.3 is 0 Å². The van der Waals surface area contributed by atoms with E-state index in [0.717, 1.165) is 41.5 Å². The van der Waals surface area contributed by atoms with Crippen molar-refractivity contribution in [2.24, 2.45) is 0 Å². The first-order chi connectivity index (χ1) is 16.4. The van der Waals surface area contributed by atoms with Crippen LogP contribution in [0, 0.1) is 6.92 Å². The number of benzene rings is 1. The Morgan fingerprint density at radius 1 is 1.09 bits per heavy atom. The molecule has 2 heterocycles. The van der Waals surface area contributed by atoms with Crippen LogP contribution in [0.5, 0.6) is 5.75 Å². The molecule has 1 amide bonds. The van der Waals surface area contributed by atoms with Crippen molar-refractivity contribution in [1.82, 2.24) is 14.9 Å². The number of ether oxygens (including phenoxy) is 3. The molecule has 0 saturated carbocycles. The van der Waals surface area contributed by atoms with Gasteiger partial charge in [-0.1, -0.05) is 23.2 Å². The summed E-state index contributed by atoms with van der Waals surface area (Å²) in [6.07, 6.45) is 1.58. The lowest BCUT2D eigenvalue weighted by Crippen LogP contribution is -2.25. The molecule has 0 aliphatic heterocycles. The van der Waals surface area contributed by atoms with Crippen LogP contribution >= 0.6 is 34.5 Å². The Morgan fingerprint density at radius 3 is 2.50 bits per heavy atom. The molecule has 1 N–H and O–H groups in total. The first kappa shape index (κ1) is 26.5. The van der Waals surface area contributed by atoms with Crippen molar-refractivity contribution in [3.05, 3.63) is 56.0 Å². The fourth-order valence-electron chi connectivity index (χ4n) is 3.51. The number of carbonyl (C=O) groups is 1. The van der Waals surface area contributed by atoms with Gasteiger partial charge in [0.2, 0.25) is 0 Å². The molecule has 0 spiro atoms. The summed E-state index contributed by atoms with van der Waals surface area (Å²) in [7, 11) is 3.33. The van der Waals surface area contributed by atoms with Gasteiger partial charge in [-0.15, -0.1) is 11.3 Å². The molecule has 0 bridgehead atoms. The maximum Gasteiger partial charge on any atom is 0.253 e. The van der Waals surface area contributed by atoms with Crippen LogP contribution in [0.4, 0.5) is 0 Å². The minimum absolute atomic E-state index is 0.100. The van der Waals surface area contributed by atoms with E-state index >= 15 is 0 Å². The molecule has 1 aromatic carbocycles. The van der Waals surface area contributed by atoms with E-state index in [1.165, 1.54) is 11.3 Å². The lowest BCUT2D eigenvalue weighted by atomic mass is 10.2. The maximum absolute atomic E-state index is 12.8. The van der Waals surface area contributed by atoms with Crippen LogP contribution < -0.4 is 10.1 Å². The number of rotatable bonds is 13. The fourth-order valence-corrected chi connectivity index (χ4v) is 4.71. The largest absolute Gasteiger partial charge is 0.486 e. The molecule has 0 atom stereocenters. The number of methoxy groups -OCH3 is 2. The second kappa shape index (κ2) is 13.1. The molecule has 0 saturated heterocycles. The van der Waals surface area contributed by atoms with Gasteiger partial charge in [0.25, 0.3) is 5.91 Å². The number of amides is 1. The zero-order valence-corrected chi connectivity index (χ0v) is 21.9. The van der Waals surface area contributed by atoms with Crippen molar-refractivity contribution in [3.63, 3.8) is 0 Å². The van der Waals surface area contributed by atoms with Crippen molar-refractivity contribution in [1.29, 1.82) is 0 Å². The molecule has 0 unspecified atom stereocenters. The molecule has 3 rings (SSSR count). The molecule has 10 heteroatoms. The summed E-state index contributed by atoms with van der Waals surface area (Å²) in [4.78, 5) is 17.6. The van der Waals surface area contributed by atoms with E-state index in [-0.39, 0.29) is 12.5 Å². The van der Waals surface area contributed by atoms with Crippen molar-refractivity contribution in [2.45, 2.75) is 32.9 Å². The third-order valence-corrected chi connectivity index (χ3v) is 6.42. The van der Waals surface area contributed by atoms with Crippen molar-refractivity contribution in [2.75, 3.05) is 34.0 Å². The van der Waals surface area contributed by atoms with E-state index < -0.39 is 0 Å². The monoisotopic (exact) mass is 525 g/mol. The zero-order valence-electron chi connectivity index (χ0n) is 19.5. The number of carbonyl (C=O) groups excluding carboxylic acids is 1. The summed E-state index contributed by atoms with van der Waals surface area (Å²) in [5, 5.41) is 6.78. The van der Waals surface area contributed by atoms with Crippen LogP contribution in [0.3, 0.4) is 0 Å². The third kappa shape index (κ3) is 7.20. The Kier molecular flexibility index (Phi) is 10.2. The zero-order chi connectivity index (χ0) is 24.5. The predicted molar refractivity (Wildman–Crippen MR) is 136 cm³/mol. The summed E-state index contributed by atoms with van der Waals surface area (Å²) in [6.45, 7) is 4.76. The lowest BCUT2D eigenvalue weighted by Gasteiger charge is -2.11. The molecular weight excluding hydrogens is 497 g/mol. The molecule has 0 aliphatic rings. The van der Waals surface area contributed by atoms with Crippen LogP contribution in [0.15, 0.2) is 29.6 Å². The van der Waals surface area contributed by atoms with Crippen LogP contribution in [-0.4, -0.2) is 49.4 Å². The van der Waals surface area contributed by atoms with Gasteiger partial charge in [0.05, 0.1) is 17.0 Å². The van der Waals surface area contributed by atoms with Crippen molar-refractivity contribution >= 4 is 40.4 Å². The quantitative estimate of drug-likeness (QED) is 0.293. The van der Waals surface area contributed by atoms with Crippen LogP contribution in [0.1, 0.15) is 33.9 Å². The summed E-state index contributed by atoms with van der Waals surface area (Å²) in [5.41, 5.74) is 3.23. The first-order valence-electron chi connectivity index (χ1n) is 10.9. The number of nitrogens with one attached hydrogen (secondary N) is 1. The number of hydrogen-bond acceptors (Lipinski definition) is 6. The van der Waals surface area contributed by atoms with Gasteiger partial charge in [0, 0.05) is 61.6 Å². The van der Waals surface area contributed by atoms with E-state index in [1.54, 1.807) is 32.4 Å². The lowest BCUT2D eigenvalue weighted by molar-refractivity contribution is 0.0948. The highest BCUT2D eigenvalue weighted by Crippen LogP contribution is 2.29. The van der Waals surface area contributed by atoms with Gasteiger partial charge in [-0.3, -0.25) is 4.79 Å². The third-order valence-electron chi connectivity index (χ3n) is 5.16. The highest BCUT2D eigenvalue weighted by molar-refractivity contribution is 7.09. The van der Waals surface area contributed by atoms with Gasteiger partial charge in [0.15, 0.2) is 0 Å². The highest BCUT2D eigenvalue weighted by Gasteiger charge is 2.20. The minimum Gasteiger partial charge on any atom is -0.486 e. The summed E-state index contributed by atoms with van der Waals surface area (Å²) >= 11 is 13.6. The second-order valence-corrected chi connectivity index (χ2v) is 9.46. The molecule has 0 radical (unpaired) electrons. The van der Waals surface area contributed by atoms with E-state index in [2.05, 4.69) is 9.88 Å². The SMILES string of the molecule is COCCCNC(=O)c1cc(-c2csc(COc3cc(Cl)cc(Cl)c3)n2)n(CCCOC)c1C. The molecule has 2 aromatic heterocycles. The maximum atomic E-state index is 12.8. The molecule has 184 valence electrons. The highest BCUT2D eigenvalue weighted by atomic mass is 35.5. The summed E-state index contributed by atoms with van der Waals surface area (Å²) in [6, 6.07) is 6.99. The number of nitrogens with zero attached hydrogens (tertiary/aromatic N) is 2. The summed E-state index contributed by atoms with van der Waals surface area (Å²) < 4.78 is 18.2. The molecule has 34 heavy (non-hydrogen) atoms. The number of aromatic nitrogens is 2. The van der Waals surface area contributed by atoms with Gasteiger partial charge in [-0.2, -0.15) is 0 Å². The topological polar surface area (TPSA) is 74.6 Å². The van der Waals surface area contributed by atoms with Crippen LogP contribution in [0.25, 0.3) is 11.4 Å². The number of thiazole rings is 1. The number of halogens is 2. The Hall–Kier alpha value is -2.10. The van der Waals surface area contributed by atoms with E-state index in [0.29, 0.717) is 41.1 Å². The molecular formula is C24H29Cl2N3O4S. The molecule has 0 aliphatic carbocycles. The average molecular weight is 526 g/mol. The van der Waals surface area contributed by atoms with Crippen LogP contribution in [-0.2, 0) is 22.6 Å². The number of hydrogen-bond donors (Lipinski definition) is 1. The van der Waals surface area contributed by atoms with Crippen molar-refractivity contribution < 1.29 is 19.0 Å². The van der Waals surface area contributed by atoms with Crippen LogP contribution in [0.2, 0.25) is 10.0 Å². The van der Waals surface area contributed by atoms with E-state index in [9.17, 15) is 4.79 Å². The normalized spacial score (nSPS) is 11.1. The average Bonchev–Trinajstić information content (AvgIpc) is 3.39. The van der Waals surface area contributed by atoms with E-state index in [4.69, 9.17) is 42.4 Å². The van der Waals surface area contributed by atoms with Gasteiger partial charge < -0.3 is 24.1 Å². The van der Waals surface area contributed by atoms with Gasteiger partial charge in [-0.05, 0) is 44.0 Å². The summed E-state index contributed by atoms with van der Waals surface area (Å²) in [5.74, 6) is 0.484. The Labute approximate surface area is 213 Å². The Morgan fingerprint density at radius 2 is 1.79 bits per heavy atom. The van der Waals surface area contributed by atoms with Crippen molar-refractivity contribution in [3.8, 4) is 17.1 Å². The first-order valence-corrected chi connectivity index (χ1v) is 12.6. The minimum atomic E-state index is -0.100. The van der Waals surface area contributed by atoms with Gasteiger partial charge in [0.1, 0.15) is 17.4 Å². The Balaban J connectivity index is 1.78. The smallest absolute Gasteiger partial charge is 0.253 e. The second-order valence-electron chi connectivity index (χ2n) is 7.65. The predicted octanol–water partition coefficient (Wildman–Crippen LogP) is 5.61. The Bertz CT molecular complexity index is 1080. The fraction of sp³-hybridized carbons (Fsp3) is 0.417. The standard InChI is InChI=1S/C24H29Cl2N3O4S/c1-16-20(24(30)27-6-4-8-31-2)13-22(29(16)7-5-9-32-3)21-15-34-23(28-21)14-33-19-11-17(25)10-18(26)12-19/h10-13,15H,4-9,14H2,1-3H3,(H,27,30). The molecule has 3 aromatic rings. The molecule has 0 fully saturated rings. The molecule has 7 nitrogen and oxygen atoms in total.